The summed E-state index contributed by atoms with van der Waals surface area (Å²) in [6.07, 6.45) is 1.41. The number of ether oxygens (including phenoxy) is 2. The lowest BCUT2D eigenvalue weighted by atomic mass is 10.2. The molecule has 1 aliphatic heterocycles. The molecule has 1 aliphatic rings. The number of guanidine groups is 1. The number of benzene rings is 1. The third-order valence-electron chi connectivity index (χ3n) is 4.67. The molecule has 2 N–H and O–H groups in total. The summed E-state index contributed by atoms with van der Waals surface area (Å²) in [6.45, 7) is 5.07. The maximum absolute atomic E-state index is 11.7. The van der Waals surface area contributed by atoms with Crippen LogP contribution in [0.3, 0.4) is 0 Å². The van der Waals surface area contributed by atoms with Gasteiger partial charge in [-0.05, 0) is 13.3 Å². The largest absolute Gasteiger partial charge is 0.497 e. The van der Waals surface area contributed by atoms with Gasteiger partial charge in [0.25, 0.3) is 0 Å². The van der Waals surface area contributed by atoms with Crippen LogP contribution in [0.1, 0.15) is 19.8 Å². The Bertz CT molecular complexity index is 662. The smallest absolute Gasteiger partial charge is 0.223 e. The number of hydrogen-bond acceptors (Lipinski definition) is 5. The average molecular weight is 519 g/mol. The van der Waals surface area contributed by atoms with Gasteiger partial charge in [0, 0.05) is 70.1 Å². The van der Waals surface area contributed by atoms with Crippen LogP contribution in [0, 0.1) is 0 Å². The molecule has 2 rings (SSSR count). The highest BCUT2D eigenvalue weighted by molar-refractivity contribution is 14.0. The maximum atomic E-state index is 11.7. The van der Waals surface area contributed by atoms with Crippen LogP contribution in [-0.2, 0) is 4.79 Å². The molecular weight excluding hydrogens is 485 g/mol. The van der Waals surface area contributed by atoms with Crippen LogP contribution in [0.4, 0.5) is 5.69 Å². The lowest BCUT2D eigenvalue weighted by Crippen LogP contribution is -2.44. The van der Waals surface area contributed by atoms with E-state index in [9.17, 15) is 4.79 Å². The van der Waals surface area contributed by atoms with Crippen molar-refractivity contribution in [1.82, 2.24) is 15.5 Å². The minimum absolute atomic E-state index is 0. The van der Waals surface area contributed by atoms with Crippen molar-refractivity contribution in [3.63, 3.8) is 0 Å². The predicted molar refractivity (Wildman–Crippen MR) is 128 cm³/mol. The number of anilines is 1. The Hall–Kier alpha value is -1.91. The molecule has 1 amide bonds. The Kier molecular flexibility index (Phi) is 10.9. The first-order valence-electron chi connectivity index (χ1n) is 9.69. The van der Waals surface area contributed by atoms with Gasteiger partial charge in [-0.15, -0.1) is 24.0 Å². The van der Waals surface area contributed by atoms with E-state index in [1.807, 2.05) is 25.1 Å². The number of aliphatic imine (C=N–C) groups is 1. The van der Waals surface area contributed by atoms with E-state index in [4.69, 9.17) is 9.47 Å². The maximum Gasteiger partial charge on any atom is 0.223 e. The Morgan fingerprint density at radius 1 is 1.24 bits per heavy atom. The van der Waals surface area contributed by atoms with Gasteiger partial charge in [0.15, 0.2) is 5.96 Å². The molecule has 1 aromatic carbocycles. The Labute approximate surface area is 191 Å². The van der Waals surface area contributed by atoms with Gasteiger partial charge >= 0.3 is 0 Å². The van der Waals surface area contributed by atoms with Gasteiger partial charge in [-0.2, -0.15) is 0 Å². The Balaban J connectivity index is 0.00000420. The first kappa shape index (κ1) is 25.1. The highest BCUT2D eigenvalue weighted by atomic mass is 127. The molecule has 1 saturated heterocycles. The molecule has 1 unspecified atom stereocenters. The van der Waals surface area contributed by atoms with E-state index in [1.165, 1.54) is 0 Å². The number of carbonyl (C=O) groups excluding carboxylic acids is 1. The number of carbonyl (C=O) groups is 1. The molecule has 0 spiro atoms. The summed E-state index contributed by atoms with van der Waals surface area (Å²) in [7, 11) is 6.84. The topological polar surface area (TPSA) is 78.4 Å². The predicted octanol–water partition coefficient (Wildman–Crippen LogP) is 1.93. The molecule has 0 bridgehead atoms. The average Bonchev–Trinajstić information content (AvgIpc) is 3.16. The molecule has 1 heterocycles. The van der Waals surface area contributed by atoms with Crippen LogP contribution >= 0.6 is 24.0 Å². The number of rotatable bonds is 8. The van der Waals surface area contributed by atoms with Crippen molar-refractivity contribution in [3.8, 4) is 11.5 Å². The molecule has 0 aliphatic carbocycles. The summed E-state index contributed by atoms with van der Waals surface area (Å²) >= 11 is 0. The fourth-order valence-corrected chi connectivity index (χ4v) is 3.09. The van der Waals surface area contributed by atoms with Gasteiger partial charge in [-0.3, -0.25) is 9.79 Å². The molecule has 9 heteroatoms. The Morgan fingerprint density at radius 2 is 1.90 bits per heavy atom. The summed E-state index contributed by atoms with van der Waals surface area (Å²) in [5.74, 6) is 2.40. The molecule has 29 heavy (non-hydrogen) atoms. The van der Waals surface area contributed by atoms with E-state index >= 15 is 0 Å². The van der Waals surface area contributed by atoms with Gasteiger partial charge in [0.2, 0.25) is 5.91 Å². The number of hydrogen-bond donors (Lipinski definition) is 2. The van der Waals surface area contributed by atoms with Gasteiger partial charge in [-0.1, -0.05) is 0 Å². The molecule has 1 aromatic rings. The highest BCUT2D eigenvalue weighted by Gasteiger charge is 2.24. The molecule has 0 saturated carbocycles. The highest BCUT2D eigenvalue weighted by Crippen LogP contribution is 2.30. The summed E-state index contributed by atoms with van der Waals surface area (Å²) in [4.78, 5) is 20.2. The molecule has 8 nitrogen and oxygen atoms in total. The van der Waals surface area contributed by atoms with Gasteiger partial charge in [0.05, 0.1) is 20.8 Å². The van der Waals surface area contributed by atoms with Crippen molar-refractivity contribution in [3.05, 3.63) is 18.2 Å². The second-order valence-corrected chi connectivity index (χ2v) is 6.95. The van der Waals surface area contributed by atoms with E-state index in [1.54, 1.807) is 33.2 Å². The summed E-state index contributed by atoms with van der Waals surface area (Å²) in [6, 6.07) is 6.20. The summed E-state index contributed by atoms with van der Waals surface area (Å²) in [5.41, 5.74) is 1.08. The zero-order valence-corrected chi connectivity index (χ0v) is 20.4. The summed E-state index contributed by atoms with van der Waals surface area (Å²) in [5, 5.41) is 6.75. The van der Waals surface area contributed by atoms with Crippen molar-refractivity contribution < 1.29 is 14.3 Å². The molecule has 1 atom stereocenters. The van der Waals surface area contributed by atoms with Crippen LogP contribution in [0.5, 0.6) is 11.5 Å². The lowest BCUT2D eigenvalue weighted by molar-refractivity contribution is -0.128. The zero-order valence-electron chi connectivity index (χ0n) is 18.0. The van der Waals surface area contributed by atoms with Crippen molar-refractivity contribution in [1.29, 1.82) is 0 Å². The van der Waals surface area contributed by atoms with Crippen molar-refractivity contribution in [2.75, 3.05) is 59.4 Å². The van der Waals surface area contributed by atoms with Gasteiger partial charge < -0.3 is 29.9 Å². The second-order valence-electron chi connectivity index (χ2n) is 6.95. The SMILES string of the molecule is CCNC(=NCCC(=O)N(C)C)NC1CCN(c2cc(OC)cc(OC)c2)C1.I. The zero-order chi connectivity index (χ0) is 20.5. The number of halogens is 1. The molecule has 164 valence electrons. The van der Waals surface area contributed by atoms with E-state index in [2.05, 4.69) is 20.5 Å². The van der Waals surface area contributed by atoms with Crippen molar-refractivity contribution in [2.24, 2.45) is 4.99 Å². The second kappa shape index (κ2) is 12.6. The van der Waals surface area contributed by atoms with Crippen LogP contribution in [0.2, 0.25) is 0 Å². The number of amides is 1. The molecular formula is C20H34IN5O3. The van der Waals surface area contributed by atoms with E-state index in [0.29, 0.717) is 13.0 Å². The monoisotopic (exact) mass is 519 g/mol. The van der Waals surface area contributed by atoms with Crippen LogP contribution in [0.15, 0.2) is 23.2 Å². The standard InChI is InChI=1S/C20H33N5O3.HI/c1-6-21-20(22-9-7-19(26)24(2)3)23-15-8-10-25(14-15)16-11-17(27-4)13-18(12-16)28-5;/h11-13,15H,6-10,14H2,1-5H3,(H2,21,22,23);1H. The third-order valence-corrected chi connectivity index (χ3v) is 4.67. The first-order chi connectivity index (χ1) is 13.5. The minimum Gasteiger partial charge on any atom is -0.497 e. The number of nitrogens with one attached hydrogen (secondary N) is 2. The normalized spacial score (nSPS) is 16.1. The first-order valence-corrected chi connectivity index (χ1v) is 9.69. The van der Waals surface area contributed by atoms with Crippen molar-refractivity contribution in [2.45, 2.75) is 25.8 Å². The van der Waals surface area contributed by atoms with E-state index in [-0.39, 0.29) is 35.9 Å². The van der Waals surface area contributed by atoms with E-state index < -0.39 is 0 Å². The fourth-order valence-electron chi connectivity index (χ4n) is 3.09. The molecule has 1 fully saturated rings. The van der Waals surface area contributed by atoms with Crippen molar-refractivity contribution >= 4 is 41.5 Å². The van der Waals surface area contributed by atoms with Gasteiger partial charge in [-0.25, -0.2) is 0 Å². The third kappa shape index (κ3) is 7.79. The van der Waals surface area contributed by atoms with Crippen LogP contribution < -0.4 is 25.0 Å². The Morgan fingerprint density at radius 3 is 2.45 bits per heavy atom. The molecule has 0 aromatic heterocycles. The summed E-state index contributed by atoms with van der Waals surface area (Å²) < 4.78 is 10.8. The lowest BCUT2D eigenvalue weighted by Gasteiger charge is -2.21. The quantitative estimate of drug-likeness (QED) is 0.311. The number of nitrogens with zero attached hydrogens (tertiary/aromatic N) is 3. The molecule has 0 radical (unpaired) electrons. The fraction of sp³-hybridized carbons (Fsp3) is 0.600. The number of methoxy groups -OCH3 is 2. The van der Waals surface area contributed by atoms with E-state index in [0.717, 1.165) is 49.2 Å². The minimum atomic E-state index is 0. The van der Waals surface area contributed by atoms with Crippen LogP contribution in [0.25, 0.3) is 0 Å². The van der Waals surface area contributed by atoms with Gasteiger partial charge in [0.1, 0.15) is 11.5 Å². The van der Waals surface area contributed by atoms with Crippen LogP contribution in [-0.4, -0.2) is 77.3 Å².